The average molecular weight is 278 g/mol. The summed E-state index contributed by atoms with van der Waals surface area (Å²) in [7, 11) is 1.72. The monoisotopic (exact) mass is 278 g/mol. The highest BCUT2D eigenvalue weighted by Crippen LogP contribution is 2.07. The maximum atomic E-state index is 11.8. The number of benzene rings is 1. The summed E-state index contributed by atoms with van der Waals surface area (Å²) in [5, 5.41) is 11.7. The molecule has 0 heterocycles. The number of amides is 2. The van der Waals surface area contributed by atoms with Crippen LogP contribution < -0.4 is 5.32 Å². The predicted molar refractivity (Wildman–Crippen MR) is 77.8 cm³/mol. The first kappa shape index (κ1) is 16.0. The van der Waals surface area contributed by atoms with E-state index in [1.165, 1.54) is 0 Å². The summed E-state index contributed by atoms with van der Waals surface area (Å²) < 4.78 is 0. The third-order valence-corrected chi connectivity index (χ3v) is 3.02. The number of carboxylic acids is 1. The van der Waals surface area contributed by atoms with E-state index in [1.54, 1.807) is 36.2 Å². The standard InChI is InChI=1S/C15H22N2O3/c1-3-4-5-10-16-15(20)17(2)11-12-6-8-13(9-7-12)14(18)19/h6-9H,3-5,10-11H2,1-2H3,(H,16,20)(H,18,19). The zero-order chi connectivity index (χ0) is 15.0. The Balaban J connectivity index is 2.42. The SMILES string of the molecule is CCCCCNC(=O)N(C)Cc1ccc(C(=O)O)cc1. The van der Waals surface area contributed by atoms with Crippen LogP contribution in [-0.4, -0.2) is 35.6 Å². The largest absolute Gasteiger partial charge is 0.478 e. The molecular weight excluding hydrogens is 256 g/mol. The topological polar surface area (TPSA) is 69.6 Å². The molecule has 20 heavy (non-hydrogen) atoms. The van der Waals surface area contributed by atoms with Gasteiger partial charge in [0, 0.05) is 20.1 Å². The Morgan fingerprint density at radius 2 is 1.85 bits per heavy atom. The number of carboxylic acid groups (broad SMARTS) is 1. The number of carbonyl (C=O) groups excluding carboxylic acids is 1. The van der Waals surface area contributed by atoms with Gasteiger partial charge in [0.1, 0.15) is 0 Å². The highest BCUT2D eigenvalue weighted by Gasteiger charge is 2.09. The van der Waals surface area contributed by atoms with E-state index >= 15 is 0 Å². The Labute approximate surface area is 119 Å². The number of urea groups is 1. The zero-order valence-electron chi connectivity index (χ0n) is 12.1. The van der Waals surface area contributed by atoms with Gasteiger partial charge in [-0.25, -0.2) is 9.59 Å². The number of rotatable bonds is 7. The molecule has 0 saturated carbocycles. The van der Waals surface area contributed by atoms with E-state index in [2.05, 4.69) is 12.2 Å². The zero-order valence-corrected chi connectivity index (χ0v) is 12.1. The number of hydrogen-bond acceptors (Lipinski definition) is 2. The number of nitrogens with zero attached hydrogens (tertiary/aromatic N) is 1. The number of nitrogens with one attached hydrogen (secondary N) is 1. The molecule has 0 bridgehead atoms. The van der Waals surface area contributed by atoms with Crippen molar-refractivity contribution in [1.29, 1.82) is 0 Å². The van der Waals surface area contributed by atoms with Gasteiger partial charge in [0.15, 0.2) is 0 Å². The van der Waals surface area contributed by atoms with Crippen molar-refractivity contribution in [3.63, 3.8) is 0 Å². The van der Waals surface area contributed by atoms with Crippen molar-refractivity contribution < 1.29 is 14.7 Å². The molecule has 0 aliphatic rings. The summed E-state index contributed by atoms with van der Waals surface area (Å²) in [5.41, 5.74) is 1.15. The molecule has 0 spiro atoms. The third-order valence-electron chi connectivity index (χ3n) is 3.02. The average Bonchev–Trinajstić information content (AvgIpc) is 2.44. The lowest BCUT2D eigenvalue weighted by atomic mass is 10.1. The van der Waals surface area contributed by atoms with Crippen LogP contribution >= 0.6 is 0 Å². The maximum Gasteiger partial charge on any atom is 0.335 e. The van der Waals surface area contributed by atoms with Crippen LogP contribution in [0.1, 0.15) is 42.1 Å². The fourth-order valence-corrected chi connectivity index (χ4v) is 1.80. The third kappa shape index (κ3) is 5.30. The molecule has 2 N–H and O–H groups in total. The van der Waals surface area contributed by atoms with E-state index in [0.717, 1.165) is 24.8 Å². The van der Waals surface area contributed by atoms with Gasteiger partial charge in [-0.2, -0.15) is 0 Å². The van der Waals surface area contributed by atoms with Crippen molar-refractivity contribution >= 4 is 12.0 Å². The second-order valence-electron chi connectivity index (χ2n) is 4.80. The first-order valence-electron chi connectivity index (χ1n) is 6.85. The van der Waals surface area contributed by atoms with Gasteiger partial charge in [-0.05, 0) is 24.1 Å². The summed E-state index contributed by atoms with van der Waals surface area (Å²) >= 11 is 0. The van der Waals surface area contributed by atoms with Crippen LogP contribution in [0.5, 0.6) is 0 Å². The van der Waals surface area contributed by atoms with Gasteiger partial charge in [0.05, 0.1) is 5.56 Å². The smallest absolute Gasteiger partial charge is 0.335 e. The lowest BCUT2D eigenvalue weighted by Gasteiger charge is -2.18. The van der Waals surface area contributed by atoms with E-state index in [-0.39, 0.29) is 11.6 Å². The number of hydrogen-bond donors (Lipinski definition) is 2. The molecule has 110 valence electrons. The van der Waals surface area contributed by atoms with Crippen molar-refractivity contribution in [3.05, 3.63) is 35.4 Å². The van der Waals surface area contributed by atoms with Gasteiger partial charge in [-0.1, -0.05) is 31.9 Å². The van der Waals surface area contributed by atoms with E-state index in [4.69, 9.17) is 5.11 Å². The van der Waals surface area contributed by atoms with E-state index < -0.39 is 5.97 Å². The molecule has 0 saturated heterocycles. The second kappa shape index (κ2) is 8.19. The highest BCUT2D eigenvalue weighted by molar-refractivity contribution is 5.87. The molecule has 0 aromatic heterocycles. The summed E-state index contributed by atoms with van der Waals surface area (Å²) in [6.45, 7) is 3.27. The van der Waals surface area contributed by atoms with Gasteiger partial charge < -0.3 is 15.3 Å². The Morgan fingerprint density at radius 3 is 2.40 bits per heavy atom. The molecule has 0 aliphatic heterocycles. The molecule has 0 fully saturated rings. The molecule has 0 aliphatic carbocycles. The van der Waals surface area contributed by atoms with Crippen LogP contribution in [0.4, 0.5) is 4.79 Å². The molecular formula is C15H22N2O3. The van der Waals surface area contributed by atoms with Gasteiger partial charge in [-0.15, -0.1) is 0 Å². The molecule has 2 amide bonds. The summed E-state index contributed by atoms with van der Waals surface area (Å²) in [4.78, 5) is 24.1. The fraction of sp³-hybridized carbons (Fsp3) is 0.467. The number of unbranched alkanes of at least 4 members (excludes halogenated alkanes) is 2. The Hall–Kier alpha value is -2.04. The highest BCUT2D eigenvalue weighted by atomic mass is 16.4. The minimum atomic E-state index is -0.946. The van der Waals surface area contributed by atoms with Crippen LogP contribution in [0, 0.1) is 0 Å². The van der Waals surface area contributed by atoms with Crippen molar-refractivity contribution in [1.82, 2.24) is 10.2 Å². The molecule has 0 atom stereocenters. The van der Waals surface area contributed by atoms with Crippen LogP contribution in [0.3, 0.4) is 0 Å². The van der Waals surface area contributed by atoms with Gasteiger partial charge in [0.25, 0.3) is 0 Å². The lowest BCUT2D eigenvalue weighted by molar-refractivity contribution is 0.0697. The Kier molecular flexibility index (Phi) is 6.56. The van der Waals surface area contributed by atoms with E-state index in [1.807, 2.05) is 0 Å². The van der Waals surface area contributed by atoms with Crippen molar-refractivity contribution in [2.45, 2.75) is 32.7 Å². The van der Waals surface area contributed by atoms with E-state index in [0.29, 0.717) is 13.1 Å². The molecule has 0 radical (unpaired) electrons. The van der Waals surface area contributed by atoms with Crippen LogP contribution in [-0.2, 0) is 6.54 Å². The molecule has 1 aromatic carbocycles. The van der Waals surface area contributed by atoms with Crippen molar-refractivity contribution in [2.75, 3.05) is 13.6 Å². The first-order valence-corrected chi connectivity index (χ1v) is 6.85. The normalized spacial score (nSPS) is 10.1. The minimum absolute atomic E-state index is 0.108. The summed E-state index contributed by atoms with van der Waals surface area (Å²) in [6, 6.07) is 6.44. The Bertz CT molecular complexity index is 443. The lowest BCUT2D eigenvalue weighted by Crippen LogP contribution is -2.37. The second-order valence-corrected chi connectivity index (χ2v) is 4.80. The Morgan fingerprint density at radius 1 is 1.20 bits per heavy atom. The number of aromatic carboxylic acids is 1. The summed E-state index contributed by atoms with van der Waals surface area (Å²) in [5.74, 6) is -0.946. The predicted octanol–water partition coefficient (Wildman–Crippen LogP) is 2.72. The quantitative estimate of drug-likeness (QED) is 0.753. The minimum Gasteiger partial charge on any atom is -0.478 e. The molecule has 5 nitrogen and oxygen atoms in total. The van der Waals surface area contributed by atoms with Gasteiger partial charge in [-0.3, -0.25) is 0 Å². The fourth-order valence-electron chi connectivity index (χ4n) is 1.80. The molecule has 1 rings (SSSR count). The van der Waals surface area contributed by atoms with Crippen molar-refractivity contribution in [2.24, 2.45) is 0 Å². The first-order chi connectivity index (χ1) is 9.54. The number of carbonyl (C=O) groups is 2. The van der Waals surface area contributed by atoms with Crippen LogP contribution in [0.15, 0.2) is 24.3 Å². The molecule has 1 aromatic rings. The molecule has 0 unspecified atom stereocenters. The van der Waals surface area contributed by atoms with Crippen molar-refractivity contribution in [3.8, 4) is 0 Å². The van der Waals surface area contributed by atoms with Gasteiger partial charge >= 0.3 is 12.0 Å². The maximum absolute atomic E-state index is 11.8. The van der Waals surface area contributed by atoms with Crippen LogP contribution in [0.25, 0.3) is 0 Å². The summed E-state index contributed by atoms with van der Waals surface area (Å²) in [6.07, 6.45) is 3.23. The van der Waals surface area contributed by atoms with E-state index in [9.17, 15) is 9.59 Å². The van der Waals surface area contributed by atoms with Crippen LogP contribution in [0.2, 0.25) is 0 Å². The molecule has 5 heteroatoms. The van der Waals surface area contributed by atoms with Gasteiger partial charge in [0.2, 0.25) is 0 Å².